The van der Waals surface area contributed by atoms with Gasteiger partial charge in [-0.25, -0.2) is 0 Å². The molecule has 1 aliphatic rings. The highest BCUT2D eigenvalue weighted by atomic mass is 14.3. The van der Waals surface area contributed by atoms with Gasteiger partial charge in [-0.1, -0.05) is 50.1 Å². The molecule has 0 unspecified atom stereocenters. The molecular formula is C14H20. The Labute approximate surface area is 87.3 Å². The third-order valence-corrected chi connectivity index (χ3v) is 3.51. The largest absolute Gasteiger partial charge is 0.0654 e. The van der Waals surface area contributed by atoms with Crippen molar-refractivity contribution < 1.29 is 0 Å². The van der Waals surface area contributed by atoms with Gasteiger partial charge in [0.05, 0.1) is 0 Å². The highest BCUT2D eigenvalue weighted by Crippen LogP contribution is 2.39. The Morgan fingerprint density at radius 2 is 1.93 bits per heavy atom. The van der Waals surface area contributed by atoms with Crippen LogP contribution in [-0.4, -0.2) is 0 Å². The van der Waals surface area contributed by atoms with Crippen molar-refractivity contribution in [1.29, 1.82) is 0 Å². The zero-order chi connectivity index (χ0) is 9.80. The molecule has 0 aromatic heterocycles. The van der Waals surface area contributed by atoms with E-state index in [-0.39, 0.29) is 0 Å². The monoisotopic (exact) mass is 188 g/mol. The highest BCUT2D eigenvalue weighted by molar-refractivity contribution is 5.20. The first-order valence-corrected chi connectivity index (χ1v) is 5.95. The molecule has 1 fully saturated rings. The molecule has 76 valence electrons. The van der Waals surface area contributed by atoms with Gasteiger partial charge in [0.15, 0.2) is 0 Å². The molecule has 0 aliphatic heterocycles. The Kier molecular flexibility index (Phi) is 3.23. The van der Waals surface area contributed by atoms with Crippen LogP contribution in [0.3, 0.4) is 0 Å². The van der Waals surface area contributed by atoms with Gasteiger partial charge in [0.25, 0.3) is 0 Å². The summed E-state index contributed by atoms with van der Waals surface area (Å²) in [5, 5.41) is 0. The molecule has 1 aromatic carbocycles. The molecule has 14 heavy (non-hydrogen) atoms. The molecule has 2 rings (SSSR count). The van der Waals surface area contributed by atoms with Crippen molar-refractivity contribution in [2.45, 2.75) is 44.9 Å². The van der Waals surface area contributed by atoms with Gasteiger partial charge in [0.2, 0.25) is 0 Å². The van der Waals surface area contributed by atoms with Gasteiger partial charge in [-0.3, -0.25) is 0 Å². The Morgan fingerprint density at radius 3 is 2.64 bits per heavy atom. The fourth-order valence-electron chi connectivity index (χ4n) is 2.77. The van der Waals surface area contributed by atoms with E-state index in [0.717, 1.165) is 11.8 Å². The smallest absolute Gasteiger partial charge is 0.0159 e. The van der Waals surface area contributed by atoms with Crippen LogP contribution in [0, 0.1) is 5.92 Å². The average Bonchev–Trinajstić information content (AvgIpc) is 2.68. The van der Waals surface area contributed by atoms with Crippen LogP contribution < -0.4 is 0 Å². The van der Waals surface area contributed by atoms with Crippen LogP contribution in [0.4, 0.5) is 0 Å². The van der Waals surface area contributed by atoms with Crippen LogP contribution in [0.2, 0.25) is 0 Å². The van der Waals surface area contributed by atoms with Gasteiger partial charge in [0, 0.05) is 0 Å². The van der Waals surface area contributed by atoms with Crippen LogP contribution >= 0.6 is 0 Å². The van der Waals surface area contributed by atoms with Gasteiger partial charge in [-0.05, 0) is 36.7 Å². The molecule has 0 heterocycles. The molecular weight excluding hydrogens is 168 g/mol. The molecule has 1 aromatic rings. The fraction of sp³-hybridized carbons (Fsp3) is 0.571. The summed E-state index contributed by atoms with van der Waals surface area (Å²) in [6.07, 6.45) is 7.08. The minimum absolute atomic E-state index is 0.854. The van der Waals surface area contributed by atoms with Gasteiger partial charge >= 0.3 is 0 Å². The zero-order valence-electron chi connectivity index (χ0n) is 9.08. The molecule has 0 saturated heterocycles. The van der Waals surface area contributed by atoms with Crippen molar-refractivity contribution in [2.24, 2.45) is 5.92 Å². The molecule has 1 saturated carbocycles. The van der Waals surface area contributed by atoms with Crippen molar-refractivity contribution in [2.75, 3.05) is 0 Å². The lowest BCUT2D eigenvalue weighted by Crippen LogP contribution is -1.95. The predicted octanol–water partition coefficient (Wildman–Crippen LogP) is 4.37. The molecule has 0 nitrogen and oxygen atoms in total. The topological polar surface area (TPSA) is 0 Å². The Morgan fingerprint density at radius 1 is 1.14 bits per heavy atom. The van der Waals surface area contributed by atoms with Gasteiger partial charge in [-0.15, -0.1) is 0 Å². The second-order valence-electron chi connectivity index (χ2n) is 4.58. The first-order valence-electron chi connectivity index (χ1n) is 5.95. The third-order valence-electron chi connectivity index (χ3n) is 3.51. The number of benzene rings is 1. The summed E-state index contributed by atoms with van der Waals surface area (Å²) in [6.45, 7) is 2.30. The summed E-state index contributed by atoms with van der Waals surface area (Å²) >= 11 is 0. The van der Waals surface area contributed by atoms with Crippen LogP contribution in [0.1, 0.15) is 50.5 Å². The van der Waals surface area contributed by atoms with Crippen LogP contribution in [0.15, 0.2) is 30.3 Å². The zero-order valence-corrected chi connectivity index (χ0v) is 9.08. The first kappa shape index (κ1) is 9.76. The lowest BCUT2D eigenvalue weighted by atomic mass is 9.95. The minimum Gasteiger partial charge on any atom is -0.0654 e. The van der Waals surface area contributed by atoms with Gasteiger partial charge < -0.3 is 0 Å². The highest BCUT2D eigenvalue weighted by Gasteiger charge is 2.24. The van der Waals surface area contributed by atoms with E-state index in [2.05, 4.69) is 37.3 Å². The van der Waals surface area contributed by atoms with Crippen LogP contribution in [-0.2, 0) is 0 Å². The van der Waals surface area contributed by atoms with Gasteiger partial charge in [-0.2, -0.15) is 0 Å². The molecule has 0 bridgehead atoms. The lowest BCUT2D eigenvalue weighted by molar-refractivity contribution is 0.489. The van der Waals surface area contributed by atoms with E-state index in [1.54, 1.807) is 5.56 Å². The predicted molar refractivity (Wildman–Crippen MR) is 61.4 cm³/mol. The van der Waals surface area contributed by atoms with Gasteiger partial charge in [0.1, 0.15) is 0 Å². The Bertz CT molecular complexity index is 263. The summed E-state index contributed by atoms with van der Waals surface area (Å²) in [5.41, 5.74) is 1.56. The van der Waals surface area contributed by atoms with Crippen LogP contribution in [0.25, 0.3) is 0 Å². The minimum atomic E-state index is 0.854. The van der Waals surface area contributed by atoms with Crippen molar-refractivity contribution in [3.8, 4) is 0 Å². The summed E-state index contributed by atoms with van der Waals surface area (Å²) in [7, 11) is 0. The average molecular weight is 188 g/mol. The standard InChI is InChI=1S/C14H20/c1-2-6-12-9-10-14(11-12)13-7-4-3-5-8-13/h3-5,7-8,12,14H,2,6,9-11H2,1H3/t12-,14-/m0/s1. The SMILES string of the molecule is CCC[C@H]1CC[C@H](c2ccccc2)C1. The molecule has 0 spiro atoms. The summed E-state index contributed by atoms with van der Waals surface area (Å²) in [4.78, 5) is 0. The van der Waals surface area contributed by atoms with E-state index in [1.807, 2.05) is 0 Å². The molecule has 0 amide bonds. The lowest BCUT2D eigenvalue weighted by Gasteiger charge is -2.10. The first-order chi connectivity index (χ1) is 6.90. The Balaban J connectivity index is 1.96. The van der Waals surface area contributed by atoms with Crippen molar-refractivity contribution in [1.82, 2.24) is 0 Å². The number of hydrogen-bond acceptors (Lipinski definition) is 0. The molecule has 0 heteroatoms. The quantitative estimate of drug-likeness (QED) is 0.660. The number of hydrogen-bond donors (Lipinski definition) is 0. The van der Waals surface area contributed by atoms with E-state index in [0.29, 0.717) is 0 Å². The molecule has 0 N–H and O–H groups in total. The maximum absolute atomic E-state index is 2.30. The van der Waals surface area contributed by atoms with Crippen molar-refractivity contribution in [3.05, 3.63) is 35.9 Å². The Hall–Kier alpha value is -0.780. The molecule has 2 atom stereocenters. The van der Waals surface area contributed by atoms with E-state index in [1.165, 1.54) is 32.1 Å². The maximum Gasteiger partial charge on any atom is -0.0159 e. The fourth-order valence-corrected chi connectivity index (χ4v) is 2.77. The summed E-state index contributed by atoms with van der Waals surface area (Å²) in [6, 6.07) is 11.0. The third kappa shape index (κ3) is 2.17. The van der Waals surface area contributed by atoms with Crippen molar-refractivity contribution >= 4 is 0 Å². The second-order valence-corrected chi connectivity index (χ2v) is 4.58. The normalized spacial score (nSPS) is 26.6. The van der Waals surface area contributed by atoms with E-state index in [4.69, 9.17) is 0 Å². The maximum atomic E-state index is 2.30. The second kappa shape index (κ2) is 4.63. The number of rotatable bonds is 3. The summed E-state index contributed by atoms with van der Waals surface area (Å²) in [5.74, 6) is 1.86. The molecule has 0 radical (unpaired) electrons. The van der Waals surface area contributed by atoms with E-state index < -0.39 is 0 Å². The van der Waals surface area contributed by atoms with E-state index >= 15 is 0 Å². The van der Waals surface area contributed by atoms with Crippen molar-refractivity contribution in [3.63, 3.8) is 0 Å². The van der Waals surface area contributed by atoms with Crippen LogP contribution in [0.5, 0.6) is 0 Å². The summed E-state index contributed by atoms with van der Waals surface area (Å²) < 4.78 is 0. The molecule has 1 aliphatic carbocycles. The van der Waals surface area contributed by atoms with E-state index in [9.17, 15) is 0 Å².